The van der Waals surface area contributed by atoms with Crippen molar-refractivity contribution in [3.8, 4) is 0 Å². The summed E-state index contributed by atoms with van der Waals surface area (Å²) in [4.78, 5) is 7.35. The minimum absolute atomic E-state index is 0.0963. The lowest BCUT2D eigenvalue weighted by Crippen LogP contribution is -2.46. The lowest BCUT2D eigenvalue weighted by atomic mass is 10.0. The molecule has 1 unspecified atom stereocenters. The number of hydrogen-bond donors (Lipinski definition) is 1. The summed E-state index contributed by atoms with van der Waals surface area (Å²) in [7, 11) is 0. The summed E-state index contributed by atoms with van der Waals surface area (Å²) in [6.45, 7) is 6.11. The SMILES string of the molecule is Cc1c(Br)c(Br)c2c3c1nc(N1CCOC(CN)C1)n3CCC2. The van der Waals surface area contributed by atoms with Crippen molar-refractivity contribution in [2.75, 3.05) is 31.1 Å². The molecule has 2 aliphatic rings. The second kappa shape index (κ2) is 6.02. The summed E-state index contributed by atoms with van der Waals surface area (Å²) in [6, 6.07) is 0. The van der Waals surface area contributed by atoms with Crippen molar-refractivity contribution < 1.29 is 4.74 Å². The molecule has 1 aromatic heterocycles. The Hall–Kier alpha value is -0.630. The van der Waals surface area contributed by atoms with Crippen LogP contribution in [-0.4, -0.2) is 41.9 Å². The number of morpholine rings is 1. The Morgan fingerprint density at radius 1 is 1.30 bits per heavy atom. The number of halogens is 2. The summed E-state index contributed by atoms with van der Waals surface area (Å²) in [5.41, 5.74) is 10.8. The number of rotatable bonds is 2. The molecule has 0 radical (unpaired) electrons. The Kier molecular flexibility index (Phi) is 4.16. The molecule has 2 N–H and O–H groups in total. The van der Waals surface area contributed by atoms with E-state index in [4.69, 9.17) is 15.5 Å². The normalized spacial score (nSPS) is 21.2. The number of nitrogens with two attached hydrogens (primary N) is 1. The van der Waals surface area contributed by atoms with Crippen molar-refractivity contribution in [2.24, 2.45) is 5.73 Å². The first-order valence-electron chi connectivity index (χ1n) is 8.05. The highest BCUT2D eigenvalue weighted by Crippen LogP contribution is 2.41. The molecule has 3 heterocycles. The van der Waals surface area contributed by atoms with Crippen molar-refractivity contribution in [1.82, 2.24) is 9.55 Å². The zero-order valence-corrected chi connectivity index (χ0v) is 16.3. The molecule has 0 bridgehead atoms. The molecular weight excluding hydrogens is 424 g/mol. The fourth-order valence-corrected chi connectivity index (χ4v) is 4.76. The molecule has 4 rings (SSSR count). The molecular formula is C16H20Br2N4O. The van der Waals surface area contributed by atoms with Crippen LogP contribution >= 0.6 is 31.9 Å². The molecule has 2 aromatic rings. The van der Waals surface area contributed by atoms with E-state index in [1.807, 2.05) is 0 Å². The Labute approximate surface area is 152 Å². The van der Waals surface area contributed by atoms with Gasteiger partial charge in [0.25, 0.3) is 0 Å². The topological polar surface area (TPSA) is 56.3 Å². The molecule has 1 aromatic carbocycles. The fourth-order valence-electron chi connectivity index (χ4n) is 3.65. The highest BCUT2D eigenvalue weighted by Gasteiger charge is 2.28. The first-order chi connectivity index (χ1) is 11.1. The van der Waals surface area contributed by atoms with Gasteiger partial charge in [-0.25, -0.2) is 4.98 Å². The van der Waals surface area contributed by atoms with Gasteiger partial charge in [-0.3, -0.25) is 0 Å². The van der Waals surface area contributed by atoms with Crippen LogP contribution in [0.3, 0.4) is 0 Å². The molecule has 0 spiro atoms. The van der Waals surface area contributed by atoms with Gasteiger partial charge in [0, 0.05) is 35.1 Å². The van der Waals surface area contributed by atoms with Crippen LogP contribution in [0.4, 0.5) is 5.95 Å². The average Bonchev–Trinajstić information content (AvgIpc) is 2.98. The Bertz CT molecular complexity index is 774. The van der Waals surface area contributed by atoms with Gasteiger partial charge in [0.1, 0.15) is 0 Å². The molecule has 0 amide bonds. The van der Waals surface area contributed by atoms with Gasteiger partial charge >= 0.3 is 0 Å². The van der Waals surface area contributed by atoms with Gasteiger partial charge in [-0.15, -0.1) is 0 Å². The molecule has 7 heteroatoms. The van der Waals surface area contributed by atoms with E-state index in [1.165, 1.54) is 21.1 Å². The van der Waals surface area contributed by atoms with E-state index in [2.05, 4.69) is 48.3 Å². The third-order valence-corrected chi connectivity index (χ3v) is 7.27. The number of ether oxygens (including phenoxy) is 1. The molecule has 124 valence electrons. The predicted octanol–water partition coefficient (Wildman–Crippen LogP) is 2.98. The maximum absolute atomic E-state index is 5.80. The Morgan fingerprint density at radius 3 is 2.91 bits per heavy atom. The maximum atomic E-state index is 5.80. The molecule has 0 aliphatic carbocycles. The van der Waals surface area contributed by atoms with Gasteiger partial charge in [0.2, 0.25) is 5.95 Å². The van der Waals surface area contributed by atoms with E-state index in [0.717, 1.165) is 48.4 Å². The van der Waals surface area contributed by atoms with Gasteiger partial charge in [0.05, 0.1) is 23.7 Å². The zero-order valence-electron chi connectivity index (χ0n) is 13.1. The molecule has 1 atom stereocenters. The number of benzene rings is 1. The summed E-state index contributed by atoms with van der Waals surface area (Å²) >= 11 is 7.49. The third-order valence-electron chi connectivity index (χ3n) is 4.87. The average molecular weight is 444 g/mol. The zero-order chi connectivity index (χ0) is 16.1. The number of hydrogen-bond acceptors (Lipinski definition) is 4. The smallest absolute Gasteiger partial charge is 0.206 e. The largest absolute Gasteiger partial charge is 0.373 e. The van der Waals surface area contributed by atoms with Crippen molar-refractivity contribution in [3.63, 3.8) is 0 Å². The Morgan fingerprint density at radius 2 is 2.13 bits per heavy atom. The molecule has 0 saturated carbocycles. The van der Waals surface area contributed by atoms with Gasteiger partial charge in [-0.2, -0.15) is 0 Å². The highest BCUT2D eigenvalue weighted by atomic mass is 79.9. The van der Waals surface area contributed by atoms with Crippen LogP contribution in [-0.2, 0) is 17.7 Å². The third kappa shape index (κ3) is 2.44. The molecule has 23 heavy (non-hydrogen) atoms. The number of aromatic nitrogens is 2. The van der Waals surface area contributed by atoms with Crippen molar-refractivity contribution in [1.29, 1.82) is 0 Å². The molecule has 1 fully saturated rings. The van der Waals surface area contributed by atoms with Gasteiger partial charge in [-0.1, -0.05) is 0 Å². The summed E-state index contributed by atoms with van der Waals surface area (Å²) in [6.07, 6.45) is 2.33. The number of anilines is 1. The van der Waals surface area contributed by atoms with E-state index in [-0.39, 0.29) is 6.10 Å². The summed E-state index contributed by atoms with van der Waals surface area (Å²) < 4.78 is 10.4. The van der Waals surface area contributed by atoms with Crippen molar-refractivity contribution in [3.05, 3.63) is 20.1 Å². The standard InChI is InChI=1S/C16H20Br2N4O/c1-9-12(17)13(18)11-3-2-4-22-15(11)14(9)20-16(22)21-5-6-23-10(7-19)8-21/h10H,2-8,19H2,1H3. The van der Waals surface area contributed by atoms with Crippen LogP contribution in [0.25, 0.3) is 11.0 Å². The van der Waals surface area contributed by atoms with Gasteiger partial charge < -0.3 is 19.9 Å². The lowest BCUT2D eigenvalue weighted by molar-refractivity contribution is 0.0458. The first kappa shape index (κ1) is 15.9. The van der Waals surface area contributed by atoms with Crippen LogP contribution in [0, 0.1) is 6.92 Å². The van der Waals surface area contributed by atoms with Crippen LogP contribution in [0.2, 0.25) is 0 Å². The number of imidazole rings is 1. The monoisotopic (exact) mass is 442 g/mol. The minimum Gasteiger partial charge on any atom is -0.373 e. The number of aryl methyl sites for hydroxylation is 3. The predicted molar refractivity (Wildman–Crippen MR) is 99.2 cm³/mol. The van der Waals surface area contributed by atoms with E-state index >= 15 is 0 Å². The second-order valence-electron chi connectivity index (χ2n) is 6.27. The van der Waals surface area contributed by atoms with Crippen LogP contribution < -0.4 is 10.6 Å². The quantitative estimate of drug-likeness (QED) is 0.775. The minimum atomic E-state index is 0.0963. The van der Waals surface area contributed by atoms with E-state index in [0.29, 0.717) is 13.2 Å². The van der Waals surface area contributed by atoms with E-state index < -0.39 is 0 Å². The van der Waals surface area contributed by atoms with Crippen LogP contribution in [0.5, 0.6) is 0 Å². The molecule has 5 nitrogen and oxygen atoms in total. The molecule has 2 aliphatic heterocycles. The highest BCUT2D eigenvalue weighted by molar-refractivity contribution is 9.13. The first-order valence-corrected chi connectivity index (χ1v) is 9.63. The van der Waals surface area contributed by atoms with Crippen molar-refractivity contribution >= 4 is 48.8 Å². The van der Waals surface area contributed by atoms with E-state index in [9.17, 15) is 0 Å². The van der Waals surface area contributed by atoms with Gasteiger partial charge in [-0.05, 0) is 62.8 Å². The Balaban J connectivity index is 1.89. The summed E-state index contributed by atoms with van der Waals surface area (Å²) in [5, 5.41) is 0. The maximum Gasteiger partial charge on any atom is 0.206 e. The van der Waals surface area contributed by atoms with Crippen molar-refractivity contribution in [2.45, 2.75) is 32.4 Å². The summed E-state index contributed by atoms with van der Waals surface area (Å²) in [5.74, 6) is 1.07. The lowest BCUT2D eigenvalue weighted by Gasteiger charge is -2.33. The van der Waals surface area contributed by atoms with E-state index in [1.54, 1.807) is 0 Å². The second-order valence-corrected chi connectivity index (χ2v) is 7.86. The van der Waals surface area contributed by atoms with Crippen LogP contribution in [0.15, 0.2) is 8.95 Å². The number of nitrogens with zero attached hydrogens (tertiary/aromatic N) is 3. The van der Waals surface area contributed by atoms with Gasteiger partial charge in [0.15, 0.2) is 0 Å². The fraction of sp³-hybridized carbons (Fsp3) is 0.562. The molecule has 1 saturated heterocycles. The van der Waals surface area contributed by atoms with Crippen LogP contribution in [0.1, 0.15) is 17.5 Å².